The van der Waals surface area contributed by atoms with Gasteiger partial charge in [-0.2, -0.15) is 5.10 Å². The monoisotopic (exact) mass is 267 g/mol. The zero-order valence-electron chi connectivity index (χ0n) is 10.1. The molecule has 0 saturated carbocycles. The van der Waals surface area contributed by atoms with Gasteiger partial charge in [0.1, 0.15) is 0 Å². The van der Waals surface area contributed by atoms with Crippen LogP contribution >= 0.6 is 23.1 Å². The van der Waals surface area contributed by atoms with Crippen molar-refractivity contribution < 1.29 is 0 Å². The normalized spacial score (nSPS) is 12.8. The van der Waals surface area contributed by atoms with E-state index >= 15 is 0 Å². The fourth-order valence-corrected chi connectivity index (χ4v) is 3.21. The van der Waals surface area contributed by atoms with E-state index in [1.54, 1.807) is 11.3 Å². The van der Waals surface area contributed by atoms with Crippen LogP contribution in [0, 0.1) is 0 Å². The molecule has 2 rings (SSSR count). The van der Waals surface area contributed by atoms with Crippen LogP contribution in [0.15, 0.2) is 34.8 Å². The molecule has 1 unspecified atom stereocenters. The maximum atomic E-state index is 4.17. The van der Waals surface area contributed by atoms with Crippen molar-refractivity contribution in [1.29, 1.82) is 0 Å². The second-order valence-electron chi connectivity index (χ2n) is 3.99. The van der Waals surface area contributed by atoms with E-state index in [1.165, 1.54) is 9.77 Å². The Bertz CT molecular complexity index is 436. The molecular weight excluding hydrogens is 250 g/mol. The lowest BCUT2D eigenvalue weighted by Crippen LogP contribution is -2.21. The molecule has 5 heteroatoms. The quantitative estimate of drug-likeness (QED) is 0.816. The molecule has 17 heavy (non-hydrogen) atoms. The van der Waals surface area contributed by atoms with Crippen LogP contribution in [0.25, 0.3) is 0 Å². The van der Waals surface area contributed by atoms with Gasteiger partial charge in [-0.1, -0.05) is 13.0 Å². The average molecular weight is 267 g/mol. The van der Waals surface area contributed by atoms with Crippen molar-refractivity contribution in [3.63, 3.8) is 0 Å². The summed E-state index contributed by atoms with van der Waals surface area (Å²) in [4.78, 5) is 2.63. The Balaban J connectivity index is 1.69. The van der Waals surface area contributed by atoms with Gasteiger partial charge in [-0.25, -0.2) is 0 Å². The molecule has 0 aliphatic rings. The van der Waals surface area contributed by atoms with E-state index in [0.717, 1.165) is 13.1 Å². The predicted molar refractivity (Wildman–Crippen MR) is 74.6 cm³/mol. The van der Waals surface area contributed by atoms with Gasteiger partial charge in [0.15, 0.2) is 0 Å². The van der Waals surface area contributed by atoms with E-state index in [0.29, 0.717) is 5.25 Å². The Morgan fingerprint density at radius 1 is 1.59 bits per heavy atom. The van der Waals surface area contributed by atoms with Crippen LogP contribution in [-0.4, -0.2) is 21.6 Å². The third-order valence-electron chi connectivity index (χ3n) is 2.33. The minimum atomic E-state index is 0.555. The molecule has 3 nitrogen and oxygen atoms in total. The molecule has 0 aromatic carbocycles. The highest BCUT2D eigenvalue weighted by Gasteiger charge is 2.05. The second-order valence-corrected chi connectivity index (χ2v) is 6.53. The number of rotatable bonds is 6. The minimum absolute atomic E-state index is 0.555. The Kier molecular flexibility index (Phi) is 4.65. The molecule has 0 saturated heterocycles. The number of hydrogen-bond donors (Lipinski definition) is 1. The lowest BCUT2D eigenvalue weighted by atomic mass is 10.4. The van der Waals surface area contributed by atoms with E-state index in [1.807, 2.05) is 29.7 Å². The minimum Gasteiger partial charge on any atom is -0.311 e. The summed E-state index contributed by atoms with van der Waals surface area (Å²) in [6.07, 6.45) is 3.97. The zero-order valence-corrected chi connectivity index (χ0v) is 11.7. The number of thiophene rings is 1. The van der Waals surface area contributed by atoms with Crippen LogP contribution in [0.3, 0.4) is 0 Å². The summed E-state index contributed by atoms with van der Waals surface area (Å²) in [5.41, 5.74) is 0. The standard InChI is InChI=1S/C12H17N3S2/c1-10(17-12-8-14-15(2)9-12)6-13-7-11-4-3-5-16-11/h3-5,8-10,13H,6-7H2,1-2H3. The Morgan fingerprint density at radius 2 is 2.47 bits per heavy atom. The Morgan fingerprint density at radius 3 is 3.12 bits per heavy atom. The molecular formula is C12H17N3S2. The summed E-state index contributed by atoms with van der Waals surface area (Å²) >= 11 is 3.66. The van der Waals surface area contributed by atoms with E-state index in [9.17, 15) is 0 Å². The number of hydrogen-bond acceptors (Lipinski definition) is 4. The van der Waals surface area contributed by atoms with E-state index in [2.05, 4.69) is 41.0 Å². The molecule has 0 aliphatic heterocycles. The summed E-state index contributed by atoms with van der Waals surface area (Å²) in [5.74, 6) is 0. The van der Waals surface area contributed by atoms with Gasteiger partial charge < -0.3 is 5.32 Å². The molecule has 1 atom stereocenters. The SMILES string of the molecule is CC(CNCc1cccs1)Sc1cnn(C)c1. The van der Waals surface area contributed by atoms with Crippen LogP contribution in [0.4, 0.5) is 0 Å². The van der Waals surface area contributed by atoms with E-state index in [4.69, 9.17) is 0 Å². The molecule has 1 N–H and O–H groups in total. The van der Waals surface area contributed by atoms with Crippen LogP contribution in [0.1, 0.15) is 11.8 Å². The van der Waals surface area contributed by atoms with Crippen molar-refractivity contribution in [2.45, 2.75) is 23.6 Å². The number of aryl methyl sites for hydroxylation is 1. The molecule has 2 heterocycles. The van der Waals surface area contributed by atoms with Gasteiger partial charge >= 0.3 is 0 Å². The summed E-state index contributed by atoms with van der Waals surface area (Å²) < 4.78 is 1.84. The topological polar surface area (TPSA) is 29.9 Å². The van der Waals surface area contributed by atoms with Crippen molar-refractivity contribution in [3.8, 4) is 0 Å². The Hall–Kier alpha value is -0.780. The first kappa shape index (κ1) is 12.7. The number of nitrogens with one attached hydrogen (secondary N) is 1. The molecule has 0 aliphatic carbocycles. The Labute approximate surface area is 110 Å². The van der Waals surface area contributed by atoms with Gasteiger partial charge in [-0.3, -0.25) is 4.68 Å². The van der Waals surface area contributed by atoms with Crippen molar-refractivity contribution in [3.05, 3.63) is 34.8 Å². The molecule has 0 amide bonds. The third kappa shape index (κ3) is 4.18. The van der Waals surface area contributed by atoms with Gasteiger partial charge in [0.05, 0.1) is 6.20 Å². The first-order valence-electron chi connectivity index (χ1n) is 5.62. The maximum absolute atomic E-state index is 4.17. The van der Waals surface area contributed by atoms with Crippen LogP contribution in [-0.2, 0) is 13.6 Å². The third-order valence-corrected chi connectivity index (χ3v) is 4.26. The van der Waals surface area contributed by atoms with Gasteiger partial charge in [0.25, 0.3) is 0 Å². The van der Waals surface area contributed by atoms with Crippen LogP contribution in [0.5, 0.6) is 0 Å². The van der Waals surface area contributed by atoms with E-state index in [-0.39, 0.29) is 0 Å². The number of thioether (sulfide) groups is 1. The summed E-state index contributed by atoms with van der Waals surface area (Å²) in [6.45, 7) is 4.21. The molecule has 2 aromatic rings. The lowest BCUT2D eigenvalue weighted by Gasteiger charge is -2.10. The lowest BCUT2D eigenvalue weighted by molar-refractivity contribution is 0.690. The molecule has 0 spiro atoms. The predicted octanol–water partition coefficient (Wildman–Crippen LogP) is 2.75. The largest absolute Gasteiger partial charge is 0.311 e. The zero-order chi connectivity index (χ0) is 12.1. The smallest absolute Gasteiger partial charge is 0.0625 e. The molecule has 92 valence electrons. The second kappa shape index (κ2) is 6.23. The summed E-state index contributed by atoms with van der Waals surface area (Å²) in [5, 5.41) is 10.3. The number of aromatic nitrogens is 2. The van der Waals surface area contributed by atoms with Crippen molar-refractivity contribution in [1.82, 2.24) is 15.1 Å². The highest BCUT2D eigenvalue weighted by Crippen LogP contribution is 2.21. The molecule has 2 aromatic heterocycles. The summed E-state index contributed by atoms with van der Waals surface area (Å²) in [7, 11) is 1.95. The molecule has 0 fully saturated rings. The van der Waals surface area contributed by atoms with Crippen LogP contribution < -0.4 is 5.32 Å². The van der Waals surface area contributed by atoms with E-state index < -0.39 is 0 Å². The highest BCUT2D eigenvalue weighted by atomic mass is 32.2. The average Bonchev–Trinajstić information content (AvgIpc) is 2.90. The van der Waals surface area contributed by atoms with Crippen molar-refractivity contribution >= 4 is 23.1 Å². The fraction of sp³-hybridized carbons (Fsp3) is 0.417. The van der Waals surface area contributed by atoms with Crippen LogP contribution in [0.2, 0.25) is 0 Å². The molecule has 0 radical (unpaired) electrons. The van der Waals surface area contributed by atoms with Gasteiger partial charge in [0, 0.05) is 41.4 Å². The maximum Gasteiger partial charge on any atom is 0.0625 e. The fourth-order valence-electron chi connectivity index (χ4n) is 1.55. The number of nitrogens with zero attached hydrogens (tertiary/aromatic N) is 2. The van der Waals surface area contributed by atoms with Crippen molar-refractivity contribution in [2.75, 3.05) is 6.54 Å². The summed E-state index contributed by atoms with van der Waals surface area (Å²) in [6, 6.07) is 4.26. The first-order chi connectivity index (χ1) is 8.24. The van der Waals surface area contributed by atoms with Gasteiger partial charge in [0.2, 0.25) is 0 Å². The first-order valence-corrected chi connectivity index (χ1v) is 7.38. The van der Waals surface area contributed by atoms with Gasteiger partial charge in [-0.15, -0.1) is 23.1 Å². The highest BCUT2D eigenvalue weighted by molar-refractivity contribution is 8.00. The molecule has 0 bridgehead atoms. The van der Waals surface area contributed by atoms with Crippen molar-refractivity contribution in [2.24, 2.45) is 7.05 Å². The van der Waals surface area contributed by atoms with Gasteiger partial charge in [-0.05, 0) is 11.4 Å².